The molecule has 1 atom stereocenters. The second kappa shape index (κ2) is 15.2. The molecule has 4 rings (SSSR count). The molecule has 1 unspecified atom stereocenters. The average molecular weight is 603 g/mol. The summed E-state index contributed by atoms with van der Waals surface area (Å²) < 4.78 is 0. The first-order valence-electron chi connectivity index (χ1n) is 13.2. The van der Waals surface area contributed by atoms with Gasteiger partial charge in [0, 0.05) is 50.0 Å². The molecule has 214 valence electrons. The number of aryl methyl sites for hydroxylation is 1. The zero-order valence-electron chi connectivity index (χ0n) is 22.8. The number of rotatable bonds is 9. The van der Waals surface area contributed by atoms with Crippen LogP contribution in [0.25, 0.3) is 0 Å². The number of carbonyl (C=O) groups excluding carboxylic acids is 2. The number of hydrogen-bond donors (Lipinski definition) is 3. The topological polar surface area (TPSA) is 76.7 Å². The van der Waals surface area contributed by atoms with Crippen LogP contribution < -0.4 is 20.9 Å². The number of amides is 3. The number of anilines is 3. The second-order valence-electron chi connectivity index (χ2n) is 9.71. The lowest BCUT2D eigenvalue weighted by molar-refractivity contribution is -0.116. The van der Waals surface area contributed by atoms with Crippen LogP contribution >= 0.6 is 36.7 Å². The molecule has 40 heavy (non-hydrogen) atoms. The molecule has 0 saturated carbocycles. The molecular weight excluding hydrogens is 565 g/mol. The zero-order valence-corrected chi connectivity index (χ0v) is 25.4. The summed E-state index contributed by atoms with van der Waals surface area (Å²) in [6.07, 6.45) is 2.18. The number of piperazine rings is 1. The summed E-state index contributed by atoms with van der Waals surface area (Å²) >= 11 is 12.9. The molecule has 0 spiro atoms. The van der Waals surface area contributed by atoms with Gasteiger partial charge >= 0.3 is 6.03 Å². The summed E-state index contributed by atoms with van der Waals surface area (Å²) in [6.45, 7) is 4.53. The zero-order chi connectivity index (χ0) is 27.8. The van der Waals surface area contributed by atoms with Crippen LogP contribution in [0, 0.1) is 0 Å². The highest BCUT2D eigenvalue weighted by Gasteiger charge is 2.23. The number of nitrogens with zero attached hydrogens (tertiary/aromatic N) is 2. The fraction of sp³-hybridized carbons (Fsp3) is 0.333. The van der Waals surface area contributed by atoms with Crippen LogP contribution in [0.1, 0.15) is 36.9 Å². The van der Waals surface area contributed by atoms with E-state index in [1.54, 1.807) is 4.90 Å². The molecule has 1 aliphatic rings. The van der Waals surface area contributed by atoms with E-state index in [0.717, 1.165) is 29.8 Å². The highest BCUT2D eigenvalue weighted by atomic mass is 35.5. The number of hydrogen-bond acceptors (Lipinski definition) is 4. The Kier molecular flexibility index (Phi) is 12.0. The van der Waals surface area contributed by atoms with Gasteiger partial charge in [-0.15, -0.1) is 0 Å². The van der Waals surface area contributed by atoms with Crippen LogP contribution in [-0.2, 0) is 11.2 Å². The molecule has 0 aliphatic carbocycles. The summed E-state index contributed by atoms with van der Waals surface area (Å²) in [5, 5.41) is 9.84. The maximum absolute atomic E-state index is 12.9. The van der Waals surface area contributed by atoms with Crippen molar-refractivity contribution in [3.8, 4) is 0 Å². The Morgan fingerprint density at radius 3 is 2.12 bits per heavy atom. The van der Waals surface area contributed by atoms with E-state index in [4.69, 9.17) is 23.2 Å². The third-order valence-electron chi connectivity index (χ3n) is 7.02. The van der Waals surface area contributed by atoms with Crippen molar-refractivity contribution >= 4 is 65.7 Å². The number of benzene rings is 3. The fourth-order valence-corrected chi connectivity index (χ4v) is 5.16. The summed E-state index contributed by atoms with van der Waals surface area (Å²) in [4.78, 5) is 29.2. The first-order chi connectivity index (χ1) is 18.8. The monoisotopic (exact) mass is 601 g/mol. The minimum atomic E-state index is -0.224. The van der Waals surface area contributed by atoms with E-state index in [1.165, 1.54) is 5.56 Å². The van der Waals surface area contributed by atoms with Crippen LogP contribution in [0.3, 0.4) is 0 Å². The van der Waals surface area contributed by atoms with Crippen molar-refractivity contribution in [1.29, 1.82) is 0 Å². The number of halogens is 2. The van der Waals surface area contributed by atoms with Crippen LogP contribution in [0.5, 0.6) is 0 Å². The van der Waals surface area contributed by atoms with E-state index < -0.39 is 0 Å². The molecule has 1 saturated heterocycles. The van der Waals surface area contributed by atoms with E-state index in [0.29, 0.717) is 48.3 Å². The van der Waals surface area contributed by atoms with Crippen molar-refractivity contribution in [2.45, 2.75) is 32.2 Å². The maximum atomic E-state index is 12.9. The Hall–Kier alpha value is -2.91. The van der Waals surface area contributed by atoms with Gasteiger partial charge < -0.3 is 25.8 Å². The molecule has 10 heteroatoms. The SMILES string of the molecule is CNC(C)c1cc(Cl)c(NC(=O)N2CCN(c3ccc(NC(=O)CCCc4ccccc4)cc3)CC2)c(Cl)c1.S. The largest absolute Gasteiger partial charge is 0.368 e. The van der Waals surface area contributed by atoms with Gasteiger partial charge in [-0.2, -0.15) is 13.5 Å². The van der Waals surface area contributed by atoms with E-state index >= 15 is 0 Å². The summed E-state index contributed by atoms with van der Waals surface area (Å²) in [6, 6.07) is 21.5. The maximum Gasteiger partial charge on any atom is 0.322 e. The molecule has 1 fully saturated rings. The average Bonchev–Trinajstić information content (AvgIpc) is 2.95. The predicted octanol–water partition coefficient (Wildman–Crippen LogP) is 6.70. The Bertz CT molecular complexity index is 1250. The number of carbonyl (C=O) groups is 2. The third kappa shape index (κ3) is 8.54. The summed E-state index contributed by atoms with van der Waals surface area (Å²) in [7, 11) is 1.86. The highest BCUT2D eigenvalue weighted by molar-refractivity contribution is 7.59. The Balaban J connectivity index is 0.00000441. The smallest absolute Gasteiger partial charge is 0.322 e. The second-order valence-corrected chi connectivity index (χ2v) is 10.5. The van der Waals surface area contributed by atoms with Gasteiger partial charge in [-0.1, -0.05) is 53.5 Å². The highest BCUT2D eigenvalue weighted by Crippen LogP contribution is 2.34. The van der Waals surface area contributed by atoms with Gasteiger partial charge in [0.2, 0.25) is 5.91 Å². The first-order valence-corrected chi connectivity index (χ1v) is 14.0. The molecular formula is C30H37Cl2N5O2S. The molecule has 3 amide bonds. The molecule has 3 N–H and O–H groups in total. The van der Waals surface area contributed by atoms with Gasteiger partial charge in [-0.25, -0.2) is 4.79 Å². The van der Waals surface area contributed by atoms with Crippen molar-refractivity contribution in [1.82, 2.24) is 10.2 Å². The van der Waals surface area contributed by atoms with Crippen molar-refractivity contribution < 1.29 is 9.59 Å². The molecule has 0 aromatic heterocycles. The van der Waals surface area contributed by atoms with E-state index in [1.807, 2.05) is 68.6 Å². The molecule has 7 nitrogen and oxygen atoms in total. The molecule has 0 bridgehead atoms. The third-order valence-corrected chi connectivity index (χ3v) is 7.62. The van der Waals surface area contributed by atoms with Crippen molar-refractivity contribution in [2.24, 2.45) is 0 Å². The first kappa shape index (κ1) is 31.6. The lowest BCUT2D eigenvalue weighted by atomic mass is 10.1. The fourth-order valence-electron chi connectivity index (χ4n) is 4.56. The van der Waals surface area contributed by atoms with Gasteiger partial charge in [-0.05, 0) is 74.3 Å². The number of urea groups is 1. The molecule has 0 radical (unpaired) electrons. The van der Waals surface area contributed by atoms with Gasteiger partial charge in [0.15, 0.2) is 0 Å². The minimum Gasteiger partial charge on any atom is -0.368 e. The van der Waals surface area contributed by atoms with Gasteiger partial charge in [-0.3, -0.25) is 4.79 Å². The van der Waals surface area contributed by atoms with Crippen LogP contribution in [0.15, 0.2) is 66.7 Å². The van der Waals surface area contributed by atoms with Crippen molar-refractivity contribution in [2.75, 3.05) is 48.8 Å². The Morgan fingerprint density at radius 1 is 0.900 bits per heavy atom. The Morgan fingerprint density at radius 2 is 1.52 bits per heavy atom. The summed E-state index contributed by atoms with van der Waals surface area (Å²) in [5.74, 6) is 0.0182. The van der Waals surface area contributed by atoms with E-state index in [2.05, 4.69) is 33.0 Å². The minimum absolute atomic E-state index is 0. The molecule has 1 heterocycles. The predicted molar refractivity (Wildman–Crippen MR) is 172 cm³/mol. The van der Waals surface area contributed by atoms with Gasteiger partial charge in [0.05, 0.1) is 15.7 Å². The van der Waals surface area contributed by atoms with Crippen LogP contribution in [0.2, 0.25) is 10.0 Å². The summed E-state index contributed by atoms with van der Waals surface area (Å²) in [5.41, 5.74) is 4.46. The van der Waals surface area contributed by atoms with E-state index in [9.17, 15) is 9.59 Å². The lowest BCUT2D eigenvalue weighted by Gasteiger charge is -2.36. The quantitative estimate of drug-likeness (QED) is 0.255. The molecule has 3 aromatic rings. The molecule has 3 aromatic carbocycles. The van der Waals surface area contributed by atoms with Crippen molar-refractivity contribution in [3.05, 3.63) is 87.9 Å². The number of nitrogens with one attached hydrogen (secondary N) is 3. The molecule has 1 aliphatic heterocycles. The van der Waals surface area contributed by atoms with E-state index in [-0.39, 0.29) is 31.5 Å². The van der Waals surface area contributed by atoms with Gasteiger partial charge in [0.25, 0.3) is 0 Å². The lowest BCUT2D eigenvalue weighted by Crippen LogP contribution is -2.50. The van der Waals surface area contributed by atoms with Gasteiger partial charge in [0.1, 0.15) is 0 Å². The van der Waals surface area contributed by atoms with Crippen LogP contribution in [-0.4, -0.2) is 50.1 Å². The standard InChI is InChI=1S/C30H35Cl2N5O2.H2S/c1-21(33-2)23-19-26(31)29(27(32)20-23)35-30(39)37-17-15-36(16-18-37)25-13-11-24(12-14-25)34-28(38)10-6-9-22-7-4-3-5-8-22;/h3-5,7-8,11-14,19-21,33H,6,9-10,15-18H2,1-2H3,(H,34,38)(H,35,39);1H2. The normalized spacial score (nSPS) is 13.8. The van der Waals surface area contributed by atoms with Crippen LogP contribution in [0.4, 0.5) is 21.9 Å². The van der Waals surface area contributed by atoms with Crippen molar-refractivity contribution in [3.63, 3.8) is 0 Å². The Labute approximate surface area is 253 Å².